The van der Waals surface area contributed by atoms with E-state index in [9.17, 15) is 0 Å². The summed E-state index contributed by atoms with van der Waals surface area (Å²) in [5.41, 5.74) is 1.98. The van der Waals surface area contributed by atoms with Crippen LogP contribution in [0.4, 0.5) is 0 Å². The van der Waals surface area contributed by atoms with Gasteiger partial charge in [-0.1, -0.05) is 18.2 Å². The van der Waals surface area contributed by atoms with Gasteiger partial charge in [0, 0.05) is 18.0 Å². The van der Waals surface area contributed by atoms with Gasteiger partial charge in [-0.25, -0.2) is 0 Å². The van der Waals surface area contributed by atoms with Crippen molar-refractivity contribution in [2.24, 2.45) is 5.92 Å². The summed E-state index contributed by atoms with van der Waals surface area (Å²) in [6, 6.07) is 14.4. The molecule has 0 aliphatic carbocycles. The van der Waals surface area contributed by atoms with Crippen LogP contribution >= 0.6 is 11.3 Å². The average Bonchev–Trinajstić information content (AvgIpc) is 3.10. The van der Waals surface area contributed by atoms with Crippen LogP contribution in [0.5, 0.6) is 0 Å². The highest BCUT2D eigenvalue weighted by molar-refractivity contribution is 7.09. The molecular formula is C19H23N3S. The first-order chi connectivity index (χ1) is 11.3. The molecule has 1 aliphatic rings. The smallest absolute Gasteiger partial charge is 0.0991 e. The predicted molar refractivity (Wildman–Crippen MR) is 95.2 cm³/mol. The Morgan fingerprint density at radius 1 is 1.17 bits per heavy atom. The van der Waals surface area contributed by atoms with Crippen LogP contribution in [0.3, 0.4) is 0 Å². The quantitative estimate of drug-likeness (QED) is 0.881. The lowest BCUT2D eigenvalue weighted by atomic mass is 9.96. The van der Waals surface area contributed by atoms with Crippen molar-refractivity contribution in [2.45, 2.75) is 25.9 Å². The van der Waals surface area contributed by atoms with E-state index in [1.54, 1.807) is 0 Å². The number of hydrogen-bond donors (Lipinski definition) is 1. The minimum Gasteiger partial charge on any atom is -0.312 e. The van der Waals surface area contributed by atoms with Crippen LogP contribution in [-0.2, 0) is 13.1 Å². The second-order valence-electron chi connectivity index (χ2n) is 6.24. The molecule has 0 atom stereocenters. The zero-order valence-electron chi connectivity index (χ0n) is 13.4. The van der Waals surface area contributed by atoms with E-state index < -0.39 is 0 Å². The van der Waals surface area contributed by atoms with Crippen molar-refractivity contribution >= 4 is 11.3 Å². The molecule has 3 rings (SSSR count). The van der Waals surface area contributed by atoms with E-state index in [1.807, 2.05) is 35.6 Å². The van der Waals surface area contributed by atoms with Gasteiger partial charge in [0.2, 0.25) is 0 Å². The Hall–Kier alpha value is -1.67. The third kappa shape index (κ3) is 4.90. The summed E-state index contributed by atoms with van der Waals surface area (Å²) >= 11 is 1.86. The first-order valence-corrected chi connectivity index (χ1v) is 9.16. The van der Waals surface area contributed by atoms with E-state index in [-0.39, 0.29) is 0 Å². The first kappa shape index (κ1) is 16.2. The number of nitrogens with zero attached hydrogens (tertiary/aromatic N) is 2. The van der Waals surface area contributed by atoms with Crippen LogP contribution < -0.4 is 5.32 Å². The third-order valence-corrected chi connectivity index (χ3v) is 5.37. The number of thiophene rings is 1. The van der Waals surface area contributed by atoms with Crippen LogP contribution in [-0.4, -0.2) is 24.5 Å². The highest BCUT2D eigenvalue weighted by atomic mass is 32.1. The molecular weight excluding hydrogens is 302 g/mol. The average molecular weight is 325 g/mol. The van der Waals surface area contributed by atoms with Crippen LogP contribution in [0, 0.1) is 17.2 Å². The maximum atomic E-state index is 8.81. The van der Waals surface area contributed by atoms with Gasteiger partial charge in [0.05, 0.1) is 11.6 Å². The Morgan fingerprint density at radius 2 is 1.96 bits per heavy atom. The predicted octanol–water partition coefficient (Wildman–Crippen LogP) is 3.62. The molecule has 1 aromatic carbocycles. The van der Waals surface area contributed by atoms with Gasteiger partial charge in [0.1, 0.15) is 0 Å². The highest BCUT2D eigenvalue weighted by Crippen LogP contribution is 2.20. The summed E-state index contributed by atoms with van der Waals surface area (Å²) in [7, 11) is 0. The molecule has 0 saturated carbocycles. The van der Waals surface area contributed by atoms with E-state index in [0.717, 1.165) is 31.1 Å². The largest absolute Gasteiger partial charge is 0.312 e. The Bertz CT molecular complexity index is 620. The molecule has 1 N–H and O–H groups in total. The van der Waals surface area contributed by atoms with Crippen molar-refractivity contribution in [2.75, 3.05) is 19.6 Å². The molecule has 1 aromatic heterocycles. The summed E-state index contributed by atoms with van der Waals surface area (Å²) in [6.07, 6.45) is 2.57. The van der Waals surface area contributed by atoms with E-state index in [4.69, 9.17) is 5.26 Å². The van der Waals surface area contributed by atoms with E-state index in [0.29, 0.717) is 0 Å². The summed E-state index contributed by atoms with van der Waals surface area (Å²) in [5, 5.41) is 14.5. The first-order valence-electron chi connectivity index (χ1n) is 8.28. The molecule has 23 heavy (non-hydrogen) atoms. The summed E-state index contributed by atoms with van der Waals surface area (Å²) in [6.45, 7) is 5.51. The highest BCUT2D eigenvalue weighted by Gasteiger charge is 2.19. The maximum absolute atomic E-state index is 8.81. The molecule has 4 heteroatoms. The van der Waals surface area contributed by atoms with Gasteiger partial charge >= 0.3 is 0 Å². The molecule has 3 nitrogen and oxygen atoms in total. The minimum atomic E-state index is 0.729. The molecule has 120 valence electrons. The van der Waals surface area contributed by atoms with Gasteiger partial charge in [-0.05, 0) is 67.5 Å². The molecule has 0 spiro atoms. The van der Waals surface area contributed by atoms with Gasteiger partial charge in [0.25, 0.3) is 0 Å². The standard InChI is InChI=1S/C19H23N3S/c20-12-16-3-5-17(6-4-16)13-21-14-18-7-9-22(10-8-18)15-19-2-1-11-23-19/h1-6,11,18,21H,7-10,13-15H2. The Balaban J connectivity index is 1.35. The van der Waals surface area contributed by atoms with Crippen molar-refractivity contribution in [3.05, 3.63) is 57.8 Å². The fraction of sp³-hybridized carbons (Fsp3) is 0.421. The Morgan fingerprint density at radius 3 is 2.61 bits per heavy atom. The van der Waals surface area contributed by atoms with E-state index in [2.05, 4.69) is 33.8 Å². The van der Waals surface area contributed by atoms with Crippen LogP contribution in [0.15, 0.2) is 41.8 Å². The molecule has 1 aliphatic heterocycles. The number of nitrogens with one attached hydrogen (secondary N) is 1. The van der Waals surface area contributed by atoms with Gasteiger partial charge in [-0.15, -0.1) is 11.3 Å². The third-order valence-electron chi connectivity index (χ3n) is 4.51. The summed E-state index contributed by atoms with van der Waals surface area (Å²) in [4.78, 5) is 4.05. The second kappa shape index (κ2) is 8.26. The lowest BCUT2D eigenvalue weighted by Crippen LogP contribution is -2.36. The van der Waals surface area contributed by atoms with Crippen molar-refractivity contribution in [3.63, 3.8) is 0 Å². The number of piperidine rings is 1. The van der Waals surface area contributed by atoms with E-state index >= 15 is 0 Å². The molecule has 0 amide bonds. The number of rotatable bonds is 6. The van der Waals surface area contributed by atoms with Crippen LogP contribution in [0.1, 0.15) is 28.8 Å². The topological polar surface area (TPSA) is 39.1 Å². The van der Waals surface area contributed by atoms with Crippen molar-refractivity contribution in [3.8, 4) is 6.07 Å². The van der Waals surface area contributed by atoms with Gasteiger partial charge in [-0.2, -0.15) is 5.26 Å². The monoisotopic (exact) mass is 325 g/mol. The number of likely N-dealkylation sites (tertiary alicyclic amines) is 1. The van der Waals surface area contributed by atoms with Gasteiger partial charge in [-0.3, -0.25) is 4.90 Å². The molecule has 0 radical (unpaired) electrons. The molecule has 1 saturated heterocycles. The number of nitriles is 1. The SMILES string of the molecule is N#Cc1ccc(CNCC2CCN(Cc3cccs3)CC2)cc1. The number of benzene rings is 1. The maximum Gasteiger partial charge on any atom is 0.0991 e. The Labute approximate surface area is 142 Å². The molecule has 0 unspecified atom stereocenters. The normalized spacial score (nSPS) is 16.3. The lowest BCUT2D eigenvalue weighted by molar-refractivity contribution is 0.176. The Kier molecular flexibility index (Phi) is 5.82. The minimum absolute atomic E-state index is 0.729. The lowest BCUT2D eigenvalue weighted by Gasteiger charge is -2.31. The number of hydrogen-bond acceptors (Lipinski definition) is 4. The van der Waals surface area contributed by atoms with Crippen molar-refractivity contribution in [1.29, 1.82) is 5.26 Å². The van der Waals surface area contributed by atoms with Crippen molar-refractivity contribution < 1.29 is 0 Å². The summed E-state index contributed by atoms with van der Waals surface area (Å²) in [5.74, 6) is 0.785. The fourth-order valence-electron chi connectivity index (χ4n) is 3.09. The summed E-state index contributed by atoms with van der Waals surface area (Å²) < 4.78 is 0. The van der Waals surface area contributed by atoms with Crippen molar-refractivity contribution in [1.82, 2.24) is 10.2 Å². The zero-order chi connectivity index (χ0) is 15.9. The fourth-order valence-corrected chi connectivity index (χ4v) is 3.84. The zero-order valence-corrected chi connectivity index (χ0v) is 14.2. The molecule has 1 fully saturated rings. The van der Waals surface area contributed by atoms with E-state index in [1.165, 1.54) is 36.4 Å². The van der Waals surface area contributed by atoms with Crippen LogP contribution in [0.2, 0.25) is 0 Å². The second-order valence-corrected chi connectivity index (χ2v) is 7.27. The molecule has 2 heterocycles. The van der Waals surface area contributed by atoms with Crippen LogP contribution in [0.25, 0.3) is 0 Å². The molecule has 0 bridgehead atoms. The van der Waals surface area contributed by atoms with Gasteiger partial charge in [0.15, 0.2) is 0 Å². The molecule has 2 aromatic rings. The van der Waals surface area contributed by atoms with Gasteiger partial charge < -0.3 is 5.32 Å².